The van der Waals surface area contributed by atoms with Crippen LogP contribution in [-0.2, 0) is 22.6 Å². The smallest absolute Gasteiger partial charge is 0.310 e. The second kappa shape index (κ2) is 6.31. The summed E-state index contributed by atoms with van der Waals surface area (Å²) < 4.78 is 5.16. The van der Waals surface area contributed by atoms with Crippen LogP contribution in [0.5, 0.6) is 0 Å². The average molecular weight is 252 g/mol. The van der Waals surface area contributed by atoms with Crippen molar-refractivity contribution in [3.63, 3.8) is 0 Å². The predicted molar refractivity (Wildman–Crippen MR) is 68.9 cm³/mol. The van der Waals surface area contributed by atoms with E-state index in [2.05, 4.69) is 4.98 Å². The van der Waals surface area contributed by atoms with Crippen molar-refractivity contribution in [1.29, 1.82) is 5.26 Å². The molecule has 1 aromatic heterocycles. The summed E-state index contributed by atoms with van der Waals surface area (Å²) in [6.07, 6.45) is 1.77. The molecule has 4 heteroatoms. The SMILES string of the molecule is N#Cc1cc(COC(=O)Cc2ccccc2)ccn1. The molecule has 0 fully saturated rings. The Balaban J connectivity index is 1.88. The number of carbonyl (C=O) groups is 1. The third kappa shape index (κ3) is 3.93. The van der Waals surface area contributed by atoms with Crippen molar-refractivity contribution < 1.29 is 9.53 Å². The minimum Gasteiger partial charge on any atom is -0.461 e. The number of nitriles is 1. The molecule has 2 aromatic rings. The number of hydrogen-bond acceptors (Lipinski definition) is 4. The molecule has 0 unspecified atom stereocenters. The van der Waals surface area contributed by atoms with E-state index in [-0.39, 0.29) is 19.0 Å². The van der Waals surface area contributed by atoms with Crippen molar-refractivity contribution in [2.75, 3.05) is 0 Å². The van der Waals surface area contributed by atoms with Crippen LogP contribution >= 0.6 is 0 Å². The van der Waals surface area contributed by atoms with Crippen LogP contribution in [0.1, 0.15) is 16.8 Å². The lowest BCUT2D eigenvalue weighted by Gasteiger charge is -2.05. The van der Waals surface area contributed by atoms with Gasteiger partial charge in [0, 0.05) is 6.20 Å². The molecule has 0 aliphatic heterocycles. The molecule has 0 atom stereocenters. The van der Waals surface area contributed by atoms with E-state index in [4.69, 9.17) is 10.00 Å². The van der Waals surface area contributed by atoms with Gasteiger partial charge < -0.3 is 4.74 Å². The lowest BCUT2D eigenvalue weighted by atomic mass is 10.1. The molecule has 0 aliphatic rings. The van der Waals surface area contributed by atoms with Gasteiger partial charge in [-0.1, -0.05) is 30.3 Å². The van der Waals surface area contributed by atoms with Crippen LogP contribution in [0.25, 0.3) is 0 Å². The zero-order chi connectivity index (χ0) is 13.5. The summed E-state index contributed by atoms with van der Waals surface area (Å²) in [5, 5.41) is 8.71. The van der Waals surface area contributed by atoms with E-state index < -0.39 is 0 Å². The molecule has 0 saturated carbocycles. The first-order valence-electron chi connectivity index (χ1n) is 5.82. The number of hydrogen-bond donors (Lipinski definition) is 0. The molecule has 0 aliphatic carbocycles. The Bertz CT molecular complexity index is 603. The molecular formula is C15H12N2O2. The fraction of sp³-hybridized carbons (Fsp3) is 0.133. The van der Waals surface area contributed by atoms with E-state index in [1.807, 2.05) is 36.4 Å². The van der Waals surface area contributed by atoms with Gasteiger partial charge in [0.2, 0.25) is 0 Å². The summed E-state index contributed by atoms with van der Waals surface area (Å²) in [4.78, 5) is 15.5. The monoisotopic (exact) mass is 252 g/mol. The summed E-state index contributed by atoms with van der Waals surface area (Å²) in [6, 6.07) is 14.7. The molecule has 1 heterocycles. The first-order chi connectivity index (χ1) is 9.28. The molecule has 2 rings (SSSR count). The van der Waals surface area contributed by atoms with Gasteiger partial charge in [0.15, 0.2) is 0 Å². The Morgan fingerprint density at radius 3 is 2.74 bits per heavy atom. The van der Waals surface area contributed by atoms with Crippen LogP contribution in [0.3, 0.4) is 0 Å². The van der Waals surface area contributed by atoms with E-state index >= 15 is 0 Å². The van der Waals surface area contributed by atoms with Gasteiger partial charge in [0.05, 0.1) is 6.42 Å². The Morgan fingerprint density at radius 2 is 2.00 bits per heavy atom. The highest BCUT2D eigenvalue weighted by Gasteiger charge is 2.05. The first-order valence-corrected chi connectivity index (χ1v) is 5.82. The number of nitrogens with zero attached hydrogens (tertiary/aromatic N) is 2. The zero-order valence-electron chi connectivity index (χ0n) is 10.2. The van der Waals surface area contributed by atoms with Gasteiger partial charge in [-0.05, 0) is 23.3 Å². The van der Waals surface area contributed by atoms with E-state index in [9.17, 15) is 4.79 Å². The third-order valence-corrected chi connectivity index (χ3v) is 2.53. The summed E-state index contributed by atoms with van der Waals surface area (Å²) in [6.45, 7) is 0.156. The highest BCUT2D eigenvalue weighted by molar-refractivity contribution is 5.72. The number of carbonyl (C=O) groups excluding carboxylic acids is 1. The highest BCUT2D eigenvalue weighted by atomic mass is 16.5. The summed E-state index contributed by atoms with van der Waals surface area (Å²) >= 11 is 0. The van der Waals surface area contributed by atoms with E-state index in [0.717, 1.165) is 11.1 Å². The van der Waals surface area contributed by atoms with Gasteiger partial charge >= 0.3 is 5.97 Å². The van der Waals surface area contributed by atoms with E-state index in [1.165, 1.54) is 6.20 Å². The molecule has 0 bridgehead atoms. The lowest BCUT2D eigenvalue weighted by Crippen LogP contribution is -2.08. The second-order valence-corrected chi connectivity index (χ2v) is 3.98. The quantitative estimate of drug-likeness (QED) is 0.783. The van der Waals surface area contributed by atoms with Crippen LogP contribution in [0.15, 0.2) is 48.7 Å². The second-order valence-electron chi connectivity index (χ2n) is 3.98. The van der Waals surface area contributed by atoms with Crippen molar-refractivity contribution in [1.82, 2.24) is 4.98 Å². The summed E-state index contributed by atoms with van der Waals surface area (Å²) in [7, 11) is 0. The van der Waals surface area contributed by atoms with Gasteiger partial charge in [-0.2, -0.15) is 5.26 Å². The molecule has 0 saturated heterocycles. The van der Waals surface area contributed by atoms with Crippen LogP contribution in [0.2, 0.25) is 0 Å². The molecule has 0 amide bonds. The van der Waals surface area contributed by atoms with Crippen molar-refractivity contribution in [3.8, 4) is 6.07 Å². The highest BCUT2D eigenvalue weighted by Crippen LogP contribution is 2.05. The maximum atomic E-state index is 11.6. The minimum absolute atomic E-state index is 0.156. The van der Waals surface area contributed by atoms with Gasteiger partial charge in [0.1, 0.15) is 18.4 Å². The normalized spacial score (nSPS) is 9.63. The van der Waals surface area contributed by atoms with Gasteiger partial charge in [-0.25, -0.2) is 4.98 Å². The third-order valence-electron chi connectivity index (χ3n) is 2.53. The molecule has 19 heavy (non-hydrogen) atoms. The first kappa shape index (κ1) is 12.8. The Hall–Kier alpha value is -2.67. The average Bonchev–Trinajstić information content (AvgIpc) is 2.46. The van der Waals surface area contributed by atoms with Gasteiger partial charge in [-0.3, -0.25) is 4.79 Å². The molecule has 0 radical (unpaired) electrons. The van der Waals surface area contributed by atoms with Crippen molar-refractivity contribution in [2.45, 2.75) is 13.0 Å². The number of esters is 1. The Labute approximate surface area is 111 Å². The van der Waals surface area contributed by atoms with Crippen molar-refractivity contribution in [2.24, 2.45) is 0 Å². The van der Waals surface area contributed by atoms with E-state index in [1.54, 1.807) is 12.1 Å². The fourth-order valence-corrected chi connectivity index (χ4v) is 1.60. The lowest BCUT2D eigenvalue weighted by molar-refractivity contribution is -0.144. The minimum atomic E-state index is -0.290. The standard InChI is InChI=1S/C15H12N2O2/c16-10-14-8-13(6-7-17-14)11-19-15(18)9-12-4-2-1-3-5-12/h1-8H,9,11H2. The summed E-state index contributed by atoms with van der Waals surface area (Å²) in [5.74, 6) is -0.290. The number of pyridine rings is 1. The molecule has 94 valence electrons. The fourth-order valence-electron chi connectivity index (χ4n) is 1.60. The molecule has 4 nitrogen and oxygen atoms in total. The molecule has 1 aromatic carbocycles. The van der Waals surface area contributed by atoms with Crippen molar-refractivity contribution >= 4 is 5.97 Å². The Morgan fingerprint density at radius 1 is 1.21 bits per heavy atom. The van der Waals surface area contributed by atoms with E-state index in [0.29, 0.717) is 5.69 Å². The van der Waals surface area contributed by atoms with Gasteiger partial charge in [-0.15, -0.1) is 0 Å². The largest absolute Gasteiger partial charge is 0.461 e. The topological polar surface area (TPSA) is 63.0 Å². The molecule has 0 N–H and O–H groups in total. The van der Waals surface area contributed by atoms with Gasteiger partial charge in [0.25, 0.3) is 0 Å². The maximum absolute atomic E-state index is 11.6. The molecule has 0 spiro atoms. The molecular weight excluding hydrogens is 240 g/mol. The Kier molecular flexibility index (Phi) is 4.25. The van der Waals surface area contributed by atoms with Crippen LogP contribution < -0.4 is 0 Å². The number of aromatic nitrogens is 1. The number of benzene rings is 1. The predicted octanol–water partition coefficient (Wildman–Crippen LogP) is 2.24. The zero-order valence-corrected chi connectivity index (χ0v) is 10.2. The van der Waals surface area contributed by atoms with Crippen LogP contribution in [-0.4, -0.2) is 11.0 Å². The summed E-state index contributed by atoms with van der Waals surface area (Å²) in [5.41, 5.74) is 1.99. The van der Waals surface area contributed by atoms with Crippen LogP contribution in [0, 0.1) is 11.3 Å². The maximum Gasteiger partial charge on any atom is 0.310 e. The number of ether oxygens (including phenoxy) is 1. The van der Waals surface area contributed by atoms with Crippen LogP contribution in [0.4, 0.5) is 0 Å². The number of rotatable bonds is 4. The van der Waals surface area contributed by atoms with Crippen molar-refractivity contribution in [3.05, 3.63) is 65.5 Å².